The van der Waals surface area contributed by atoms with E-state index in [-0.39, 0.29) is 11.1 Å². The molecule has 0 aliphatic carbocycles. The minimum atomic E-state index is -5.30. The van der Waals surface area contributed by atoms with E-state index in [1.807, 2.05) is 6.26 Å². The highest BCUT2D eigenvalue weighted by molar-refractivity contribution is 7.98. The Labute approximate surface area is 173 Å². The fraction of sp³-hybridized carbons (Fsp3) is 0.263. The number of hydrogen-bond acceptors (Lipinski definition) is 4. The van der Waals surface area contributed by atoms with Crippen LogP contribution in [-0.2, 0) is 0 Å². The van der Waals surface area contributed by atoms with Crippen LogP contribution in [0.1, 0.15) is 22.0 Å². The van der Waals surface area contributed by atoms with E-state index in [1.54, 1.807) is 12.1 Å². The van der Waals surface area contributed by atoms with Gasteiger partial charge < -0.3 is 15.7 Å². The number of alkyl halides is 3. The maximum atomic E-state index is 13.8. The molecular weight excluding hydrogens is 429 g/mol. The molecule has 0 aromatic heterocycles. The molecule has 10 heteroatoms. The number of nitrogens with one attached hydrogen (secondary N) is 2. The number of halogens is 4. The van der Waals surface area contributed by atoms with Crippen LogP contribution in [0.2, 0.25) is 5.02 Å². The Morgan fingerprint density at radius 3 is 2.24 bits per heavy atom. The Bertz CT molecular complexity index is 922. The molecule has 5 nitrogen and oxygen atoms in total. The molecule has 0 spiro atoms. The predicted octanol–water partition coefficient (Wildman–Crippen LogP) is 4.17. The number of urea groups is 1. The monoisotopic (exact) mass is 444 g/mol. The van der Waals surface area contributed by atoms with Crippen molar-refractivity contribution in [2.24, 2.45) is 5.92 Å². The molecule has 0 radical (unpaired) electrons. The standard InChI is InChI=1S/C19H16ClF3N2O3S/c1-29-13-8-4-10(5-9-13)15-14(16(26)11-2-6-12(20)7-3-11)18(28,19(21,22)23)25-17(27)24-15/h2-9,14-15,28H,1H3,(H2,24,25,27)/t14-,15-,18+/m1/s1. The van der Waals surface area contributed by atoms with Crippen molar-refractivity contribution in [2.75, 3.05) is 6.26 Å². The van der Waals surface area contributed by atoms with Gasteiger partial charge in [0.25, 0.3) is 0 Å². The molecule has 2 amide bonds. The normalized spacial score (nSPS) is 24.6. The molecule has 2 aromatic rings. The summed E-state index contributed by atoms with van der Waals surface area (Å²) in [6.45, 7) is 0. The summed E-state index contributed by atoms with van der Waals surface area (Å²) in [6, 6.07) is 8.96. The number of amides is 2. The molecule has 1 saturated heterocycles. The summed E-state index contributed by atoms with van der Waals surface area (Å²) in [4.78, 5) is 25.9. The molecule has 3 atom stereocenters. The molecular formula is C19H16ClF3N2O3S. The first kappa shape index (κ1) is 21.5. The second-order valence-corrected chi connectivity index (χ2v) is 7.78. The topological polar surface area (TPSA) is 78.4 Å². The third kappa shape index (κ3) is 4.08. The van der Waals surface area contributed by atoms with Gasteiger partial charge in [-0.3, -0.25) is 4.79 Å². The van der Waals surface area contributed by atoms with Crippen LogP contribution in [0.4, 0.5) is 18.0 Å². The second kappa shape index (κ2) is 7.89. The van der Waals surface area contributed by atoms with Crippen LogP contribution in [0.3, 0.4) is 0 Å². The minimum Gasteiger partial charge on any atom is -0.363 e. The van der Waals surface area contributed by atoms with Crippen molar-refractivity contribution in [3.63, 3.8) is 0 Å². The predicted molar refractivity (Wildman–Crippen MR) is 103 cm³/mol. The van der Waals surface area contributed by atoms with Gasteiger partial charge in [-0.25, -0.2) is 4.79 Å². The van der Waals surface area contributed by atoms with Gasteiger partial charge >= 0.3 is 12.2 Å². The summed E-state index contributed by atoms with van der Waals surface area (Å²) in [5.41, 5.74) is -3.58. The van der Waals surface area contributed by atoms with E-state index in [4.69, 9.17) is 11.6 Å². The summed E-state index contributed by atoms with van der Waals surface area (Å²) >= 11 is 7.22. The zero-order valence-corrected chi connectivity index (χ0v) is 16.5. The van der Waals surface area contributed by atoms with Gasteiger partial charge in [-0.1, -0.05) is 23.7 Å². The summed E-state index contributed by atoms with van der Waals surface area (Å²) in [5.74, 6) is -3.06. The molecule has 3 N–H and O–H groups in total. The number of carbonyl (C=O) groups is 2. The lowest BCUT2D eigenvalue weighted by Gasteiger charge is -2.45. The molecule has 154 valence electrons. The van der Waals surface area contributed by atoms with E-state index >= 15 is 0 Å². The molecule has 3 rings (SSSR count). The summed E-state index contributed by atoms with van der Waals surface area (Å²) in [7, 11) is 0. The SMILES string of the molecule is CSc1ccc([C@H]2NC(=O)N[C@@](O)(C(F)(F)F)[C@H]2C(=O)c2ccc(Cl)cc2)cc1. The maximum Gasteiger partial charge on any atom is 0.437 e. The number of benzene rings is 2. The maximum absolute atomic E-state index is 13.8. The quantitative estimate of drug-likeness (QED) is 0.488. The van der Waals surface area contributed by atoms with E-state index in [9.17, 15) is 27.9 Å². The number of ketones is 1. The van der Waals surface area contributed by atoms with Crippen LogP contribution in [-0.4, -0.2) is 35.1 Å². The summed E-state index contributed by atoms with van der Waals surface area (Å²) in [6.07, 6.45) is -3.47. The molecule has 1 fully saturated rings. The van der Waals surface area contributed by atoms with Gasteiger partial charge in [0.2, 0.25) is 5.72 Å². The van der Waals surface area contributed by atoms with Crippen LogP contribution in [0.25, 0.3) is 0 Å². The lowest BCUT2D eigenvalue weighted by molar-refractivity contribution is -0.287. The van der Waals surface area contributed by atoms with Crippen molar-refractivity contribution in [2.45, 2.75) is 22.8 Å². The fourth-order valence-electron chi connectivity index (χ4n) is 3.22. The van der Waals surface area contributed by atoms with Gasteiger partial charge in [-0.05, 0) is 48.2 Å². The van der Waals surface area contributed by atoms with Crippen molar-refractivity contribution in [1.82, 2.24) is 10.6 Å². The number of aliphatic hydroxyl groups is 1. The van der Waals surface area contributed by atoms with Gasteiger partial charge in [0.05, 0.1) is 6.04 Å². The Balaban J connectivity index is 2.13. The lowest BCUT2D eigenvalue weighted by atomic mass is 9.77. The second-order valence-electron chi connectivity index (χ2n) is 6.46. The number of carbonyl (C=O) groups excluding carboxylic acids is 2. The first-order chi connectivity index (χ1) is 13.6. The number of hydrogen-bond donors (Lipinski definition) is 3. The smallest absolute Gasteiger partial charge is 0.363 e. The Morgan fingerprint density at radius 1 is 1.14 bits per heavy atom. The average Bonchev–Trinajstić information content (AvgIpc) is 2.67. The van der Waals surface area contributed by atoms with Gasteiger partial charge in [-0.2, -0.15) is 13.2 Å². The Morgan fingerprint density at radius 2 is 1.72 bits per heavy atom. The van der Waals surface area contributed by atoms with Crippen molar-refractivity contribution in [1.29, 1.82) is 0 Å². The van der Waals surface area contributed by atoms with E-state index in [0.717, 1.165) is 4.90 Å². The third-order valence-electron chi connectivity index (χ3n) is 4.69. The van der Waals surface area contributed by atoms with Gasteiger partial charge in [0, 0.05) is 15.5 Å². The van der Waals surface area contributed by atoms with Crippen LogP contribution >= 0.6 is 23.4 Å². The highest BCUT2D eigenvalue weighted by Gasteiger charge is 2.66. The number of Topliss-reactive ketones (excluding diaryl/α,β-unsaturated/α-hetero) is 1. The fourth-order valence-corrected chi connectivity index (χ4v) is 3.76. The lowest BCUT2D eigenvalue weighted by Crippen LogP contribution is -2.72. The minimum absolute atomic E-state index is 0.0780. The summed E-state index contributed by atoms with van der Waals surface area (Å²) < 4.78 is 41.5. The van der Waals surface area contributed by atoms with Crippen LogP contribution in [0, 0.1) is 5.92 Å². The van der Waals surface area contributed by atoms with Crippen molar-refractivity contribution in [3.05, 3.63) is 64.7 Å². The first-order valence-electron chi connectivity index (χ1n) is 8.38. The Hall–Kier alpha value is -2.23. The molecule has 29 heavy (non-hydrogen) atoms. The van der Waals surface area contributed by atoms with Gasteiger partial charge in [0.1, 0.15) is 5.92 Å². The van der Waals surface area contributed by atoms with E-state index in [1.165, 1.54) is 53.5 Å². The van der Waals surface area contributed by atoms with Crippen LogP contribution in [0.15, 0.2) is 53.4 Å². The zero-order chi connectivity index (χ0) is 21.4. The molecule has 2 aromatic carbocycles. The van der Waals surface area contributed by atoms with Crippen LogP contribution < -0.4 is 10.6 Å². The van der Waals surface area contributed by atoms with Crippen molar-refractivity contribution in [3.8, 4) is 0 Å². The number of thioether (sulfide) groups is 1. The van der Waals surface area contributed by atoms with E-state index < -0.39 is 35.7 Å². The molecule has 0 saturated carbocycles. The van der Waals surface area contributed by atoms with Gasteiger partial charge in [-0.15, -0.1) is 11.8 Å². The first-order valence-corrected chi connectivity index (χ1v) is 9.98. The molecule has 0 bridgehead atoms. The summed E-state index contributed by atoms with van der Waals surface area (Å²) in [5, 5.41) is 14.6. The van der Waals surface area contributed by atoms with E-state index in [0.29, 0.717) is 5.02 Å². The molecule has 0 unspecified atom stereocenters. The van der Waals surface area contributed by atoms with Crippen LogP contribution in [0.5, 0.6) is 0 Å². The molecule has 1 aliphatic heterocycles. The Kier molecular flexibility index (Phi) is 5.84. The van der Waals surface area contributed by atoms with Crippen molar-refractivity contribution < 1.29 is 27.9 Å². The average molecular weight is 445 g/mol. The highest BCUT2D eigenvalue weighted by Crippen LogP contribution is 2.44. The van der Waals surface area contributed by atoms with Gasteiger partial charge in [0.15, 0.2) is 5.78 Å². The molecule has 1 aliphatic rings. The highest BCUT2D eigenvalue weighted by atomic mass is 35.5. The zero-order valence-electron chi connectivity index (χ0n) is 15.0. The number of rotatable bonds is 4. The molecule has 1 heterocycles. The third-order valence-corrected chi connectivity index (χ3v) is 5.69. The van der Waals surface area contributed by atoms with E-state index in [2.05, 4.69) is 5.32 Å². The largest absolute Gasteiger partial charge is 0.437 e. The van der Waals surface area contributed by atoms with Crippen molar-refractivity contribution >= 4 is 35.2 Å².